The van der Waals surface area contributed by atoms with Gasteiger partial charge in [-0.1, -0.05) is 35.9 Å². The van der Waals surface area contributed by atoms with Crippen LogP contribution in [0.1, 0.15) is 5.56 Å². The molecule has 1 amide bonds. The average Bonchev–Trinajstić information content (AvgIpc) is 2.92. The molecule has 0 aliphatic heterocycles. The van der Waals surface area contributed by atoms with Gasteiger partial charge in [-0.15, -0.1) is 0 Å². The Labute approximate surface area is 230 Å². The van der Waals surface area contributed by atoms with E-state index in [0.29, 0.717) is 22.3 Å². The van der Waals surface area contributed by atoms with E-state index in [0.717, 1.165) is 22.0 Å². The van der Waals surface area contributed by atoms with Crippen LogP contribution in [0.4, 0.5) is 11.4 Å². The molecular weight excluding hydrogens is 554 g/mol. The van der Waals surface area contributed by atoms with E-state index in [1.165, 1.54) is 44.6 Å². The molecule has 0 aliphatic carbocycles. The number of methoxy groups -OCH3 is 2. The second-order valence-corrected chi connectivity index (χ2v) is 11.2. The first kappa shape index (κ1) is 29.1. The van der Waals surface area contributed by atoms with Gasteiger partial charge in [0.25, 0.3) is 15.7 Å². The van der Waals surface area contributed by atoms with Crippen molar-refractivity contribution in [3.05, 3.63) is 87.4 Å². The zero-order valence-electron chi connectivity index (χ0n) is 20.6. The summed E-state index contributed by atoms with van der Waals surface area (Å²) in [5, 5.41) is 14.9. The standard InChI is InChI=1S/C25H26ClN3O7S2/c1-35-20-11-12-21(23(15-20)36-2)28(38(33,34)24-6-4-3-5-22(24)29(31)32)16-25(30)27-13-14-37-17-18-7-9-19(26)10-8-18/h3-12,15H,13-14,16-17H2,1-2H3,(H,27,30). The Morgan fingerprint density at radius 3 is 2.45 bits per heavy atom. The SMILES string of the molecule is COc1ccc(N(CC(=O)NCCSCc2ccc(Cl)cc2)S(=O)(=O)c2ccccc2[N+](=O)[O-])c(OC)c1. The fourth-order valence-electron chi connectivity index (χ4n) is 3.46. The summed E-state index contributed by atoms with van der Waals surface area (Å²) >= 11 is 7.49. The third-order valence-electron chi connectivity index (χ3n) is 5.32. The minimum atomic E-state index is -4.56. The normalized spacial score (nSPS) is 11.0. The molecule has 0 heterocycles. The number of anilines is 1. The molecule has 0 saturated carbocycles. The lowest BCUT2D eigenvalue weighted by atomic mass is 10.2. The van der Waals surface area contributed by atoms with Crippen molar-refractivity contribution in [3.63, 3.8) is 0 Å². The number of halogens is 1. The van der Waals surface area contributed by atoms with Crippen LogP contribution < -0.4 is 19.1 Å². The lowest BCUT2D eigenvalue weighted by Gasteiger charge is -2.25. The molecule has 0 saturated heterocycles. The van der Waals surface area contributed by atoms with Crippen molar-refractivity contribution in [1.29, 1.82) is 0 Å². The maximum atomic E-state index is 13.7. The van der Waals surface area contributed by atoms with E-state index in [1.807, 2.05) is 12.1 Å². The summed E-state index contributed by atoms with van der Waals surface area (Å²) in [7, 11) is -1.78. The number of hydrogen-bond donors (Lipinski definition) is 1. The Hall–Kier alpha value is -3.48. The lowest BCUT2D eigenvalue weighted by molar-refractivity contribution is -0.387. The number of ether oxygens (including phenoxy) is 2. The maximum Gasteiger partial charge on any atom is 0.289 e. The van der Waals surface area contributed by atoms with E-state index in [1.54, 1.807) is 23.9 Å². The zero-order chi connectivity index (χ0) is 27.7. The van der Waals surface area contributed by atoms with Crippen LogP contribution in [0.3, 0.4) is 0 Å². The smallest absolute Gasteiger partial charge is 0.289 e. The van der Waals surface area contributed by atoms with Crippen molar-refractivity contribution in [1.82, 2.24) is 5.32 Å². The van der Waals surface area contributed by atoms with Crippen LogP contribution in [0.25, 0.3) is 0 Å². The molecule has 0 aliphatic rings. The molecule has 10 nitrogen and oxygen atoms in total. The third kappa shape index (κ3) is 7.30. The summed E-state index contributed by atoms with van der Waals surface area (Å²) in [5.41, 5.74) is 0.502. The minimum Gasteiger partial charge on any atom is -0.497 e. The highest BCUT2D eigenvalue weighted by Crippen LogP contribution is 2.37. The number of hydrogen-bond acceptors (Lipinski definition) is 8. The number of rotatable bonds is 13. The average molecular weight is 580 g/mol. The summed E-state index contributed by atoms with van der Waals surface area (Å²) in [6.45, 7) is -0.338. The highest BCUT2D eigenvalue weighted by molar-refractivity contribution is 7.98. The molecule has 3 aromatic rings. The second-order valence-electron chi connectivity index (χ2n) is 7.80. The molecule has 0 radical (unpaired) electrons. The van der Waals surface area contributed by atoms with Crippen LogP contribution in [0.15, 0.2) is 71.6 Å². The molecule has 3 rings (SSSR count). The number of nitrogens with zero attached hydrogens (tertiary/aromatic N) is 2. The monoisotopic (exact) mass is 579 g/mol. The van der Waals surface area contributed by atoms with E-state index >= 15 is 0 Å². The summed E-state index contributed by atoms with van der Waals surface area (Å²) < 4.78 is 38.8. The Morgan fingerprint density at radius 2 is 1.79 bits per heavy atom. The van der Waals surface area contributed by atoms with Gasteiger partial charge in [0.05, 0.1) is 24.8 Å². The lowest BCUT2D eigenvalue weighted by Crippen LogP contribution is -2.41. The van der Waals surface area contributed by atoms with Gasteiger partial charge < -0.3 is 14.8 Å². The molecule has 0 aromatic heterocycles. The Balaban J connectivity index is 1.81. The van der Waals surface area contributed by atoms with E-state index in [4.69, 9.17) is 21.1 Å². The molecule has 0 spiro atoms. The first-order chi connectivity index (χ1) is 18.2. The van der Waals surface area contributed by atoms with Crippen LogP contribution in [0.5, 0.6) is 11.5 Å². The van der Waals surface area contributed by atoms with Crippen LogP contribution in [0.2, 0.25) is 5.02 Å². The number of thioether (sulfide) groups is 1. The van der Waals surface area contributed by atoms with E-state index in [2.05, 4.69) is 5.32 Å². The van der Waals surface area contributed by atoms with Gasteiger partial charge in [-0.3, -0.25) is 19.2 Å². The van der Waals surface area contributed by atoms with Gasteiger partial charge in [0.2, 0.25) is 5.91 Å². The molecule has 0 unspecified atom stereocenters. The molecule has 0 bridgehead atoms. The third-order valence-corrected chi connectivity index (χ3v) is 8.41. The minimum absolute atomic E-state index is 0.0266. The molecule has 13 heteroatoms. The Morgan fingerprint density at radius 1 is 1.08 bits per heavy atom. The van der Waals surface area contributed by atoms with Crippen molar-refractivity contribution < 1.29 is 27.6 Å². The van der Waals surface area contributed by atoms with Crippen molar-refractivity contribution in [3.8, 4) is 11.5 Å². The Bertz CT molecular complexity index is 1390. The number of nitrogens with one attached hydrogen (secondary N) is 1. The first-order valence-electron chi connectivity index (χ1n) is 11.2. The van der Waals surface area contributed by atoms with Crippen molar-refractivity contribution in [2.45, 2.75) is 10.6 Å². The number of carbonyl (C=O) groups is 1. The highest BCUT2D eigenvalue weighted by atomic mass is 35.5. The quantitative estimate of drug-likeness (QED) is 0.178. The Kier molecular flexibility index (Phi) is 10.2. The van der Waals surface area contributed by atoms with Crippen molar-refractivity contribution in [2.75, 3.05) is 37.4 Å². The summed E-state index contributed by atoms with van der Waals surface area (Å²) in [6, 6.07) is 16.8. The van der Waals surface area contributed by atoms with Gasteiger partial charge >= 0.3 is 0 Å². The van der Waals surface area contributed by atoms with Gasteiger partial charge in [-0.2, -0.15) is 11.8 Å². The molecule has 38 heavy (non-hydrogen) atoms. The number of nitro groups is 1. The van der Waals surface area contributed by atoms with E-state index in [-0.39, 0.29) is 18.0 Å². The van der Waals surface area contributed by atoms with Crippen molar-refractivity contribution in [2.24, 2.45) is 0 Å². The second kappa shape index (κ2) is 13.4. The van der Waals surface area contributed by atoms with Crippen LogP contribution >= 0.6 is 23.4 Å². The van der Waals surface area contributed by atoms with E-state index < -0.39 is 38.0 Å². The molecule has 0 atom stereocenters. The highest BCUT2D eigenvalue weighted by Gasteiger charge is 2.34. The predicted octanol–water partition coefficient (Wildman–Crippen LogP) is 4.51. The van der Waals surface area contributed by atoms with Crippen LogP contribution in [0, 0.1) is 10.1 Å². The number of amides is 1. The van der Waals surface area contributed by atoms with Gasteiger partial charge in [0.1, 0.15) is 18.0 Å². The number of benzene rings is 3. The van der Waals surface area contributed by atoms with Crippen molar-refractivity contribution >= 4 is 50.7 Å². The van der Waals surface area contributed by atoms with Gasteiger partial charge in [-0.05, 0) is 35.9 Å². The topological polar surface area (TPSA) is 128 Å². The molecule has 1 N–H and O–H groups in total. The fourth-order valence-corrected chi connectivity index (χ4v) is 5.99. The molecular formula is C25H26ClN3O7S2. The first-order valence-corrected chi connectivity index (χ1v) is 14.2. The molecule has 3 aromatic carbocycles. The maximum absolute atomic E-state index is 13.7. The number of para-hydroxylation sites is 1. The molecule has 0 fully saturated rings. The van der Waals surface area contributed by atoms with Crippen LogP contribution in [-0.2, 0) is 20.6 Å². The van der Waals surface area contributed by atoms with Gasteiger partial charge in [0, 0.05) is 35.2 Å². The number of sulfonamides is 1. The van der Waals surface area contributed by atoms with Gasteiger partial charge in [0.15, 0.2) is 4.90 Å². The number of carbonyl (C=O) groups excluding carboxylic acids is 1. The zero-order valence-corrected chi connectivity index (χ0v) is 23.0. The van der Waals surface area contributed by atoms with Crippen LogP contribution in [-0.4, -0.2) is 52.3 Å². The fraction of sp³-hybridized carbons (Fsp3) is 0.240. The van der Waals surface area contributed by atoms with E-state index in [9.17, 15) is 23.3 Å². The summed E-state index contributed by atoms with van der Waals surface area (Å²) in [5.74, 6) is 1.22. The molecule has 202 valence electrons. The summed E-state index contributed by atoms with van der Waals surface area (Å²) in [6.07, 6.45) is 0. The summed E-state index contributed by atoms with van der Waals surface area (Å²) in [4.78, 5) is 23.1. The van der Waals surface area contributed by atoms with Gasteiger partial charge in [-0.25, -0.2) is 8.42 Å². The number of nitro benzene ring substituents is 1. The largest absolute Gasteiger partial charge is 0.497 e. The predicted molar refractivity (Wildman–Crippen MR) is 148 cm³/mol.